The van der Waals surface area contributed by atoms with Crippen LogP contribution >= 0.6 is 0 Å². The fraction of sp³-hybridized carbons (Fsp3) is 0.350. The molecule has 3 rings (SSSR count). The molecule has 8 heteroatoms. The van der Waals surface area contributed by atoms with Crippen LogP contribution in [0.2, 0.25) is 0 Å². The molecule has 0 aliphatic carbocycles. The molecule has 0 aromatic heterocycles. The van der Waals surface area contributed by atoms with Crippen LogP contribution in [0, 0.1) is 10.1 Å². The highest BCUT2D eigenvalue weighted by atomic mass is 16.6. The molecule has 1 N–H and O–H groups in total. The van der Waals surface area contributed by atoms with Crippen LogP contribution in [0.3, 0.4) is 0 Å². The van der Waals surface area contributed by atoms with Gasteiger partial charge in [-0.3, -0.25) is 14.9 Å². The van der Waals surface area contributed by atoms with E-state index in [1.54, 1.807) is 13.0 Å². The number of hydrogen-bond acceptors (Lipinski definition) is 6. The third-order valence-electron chi connectivity index (χ3n) is 4.26. The molecule has 0 spiro atoms. The van der Waals surface area contributed by atoms with Gasteiger partial charge in [0.05, 0.1) is 23.8 Å². The molecular formula is C20H22N2O6. The summed E-state index contributed by atoms with van der Waals surface area (Å²) in [6.07, 6.45) is 0.832. The minimum absolute atomic E-state index is 0.0594. The van der Waals surface area contributed by atoms with E-state index in [0.29, 0.717) is 23.8 Å². The van der Waals surface area contributed by atoms with Crippen LogP contribution in [0.5, 0.6) is 17.2 Å². The Morgan fingerprint density at radius 3 is 2.61 bits per heavy atom. The SMILES string of the molecule is CCOc1cc2c(cc1NC(=O)c1ccc(OCC)c([N+](=O)[O-])c1)O[C@@H](C)C2. The Hall–Kier alpha value is -3.29. The Morgan fingerprint density at radius 1 is 1.21 bits per heavy atom. The lowest BCUT2D eigenvalue weighted by Crippen LogP contribution is -2.14. The van der Waals surface area contributed by atoms with E-state index in [4.69, 9.17) is 14.2 Å². The Labute approximate surface area is 162 Å². The summed E-state index contributed by atoms with van der Waals surface area (Å²) in [4.78, 5) is 23.4. The van der Waals surface area contributed by atoms with Gasteiger partial charge in [-0.2, -0.15) is 0 Å². The average Bonchev–Trinajstić information content (AvgIpc) is 3.01. The van der Waals surface area contributed by atoms with Crippen molar-refractivity contribution in [2.45, 2.75) is 33.3 Å². The lowest BCUT2D eigenvalue weighted by Gasteiger charge is -2.14. The van der Waals surface area contributed by atoms with E-state index in [1.165, 1.54) is 18.2 Å². The molecule has 1 heterocycles. The van der Waals surface area contributed by atoms with Gasteiger partial charge in [-0.1, -0.05) is 0 Å². The van der Waals surface area contributed by atoms with Gasteiger partial charge >= 0.3 is 5.69 Å². The molecule has 2 aromatic carbocycles. The molecule has 28 heavy (non-hydrogen) atoms. The van der Waals surface area contributed by atoms with Gasteiger partial charge < -0.3 is 19.5 Å². The summed E-state index contributed by atoms with van der Waals surface area (Å²) in [6, 6.07) is 7.70. The van der Waals surface area contributed by atoms with Gasteiger partial charge in [0.25, 0.3) is 5.91 Å². The van der Waals surface area contributed by atoms with Gasteiger partial charge in [0.2, 0.25) is 0 Å². The van der Waals surface area contributed by atoms with E-state index in [-0.39, 0.29) is 29.7 Å². The topological polar surface area (TPSA) is 99.9 Å². The number of nitro benzene ring substituents is 1. The van der Waals surface area contributed by atoms with Crippen LogP contribution < -0.4 is 19.5 Å². The first-order chi connectivity index (χ1) is 13.4. The molecule has 2 aromatic rings. The van der Waals surface area contributed by atoms with E-state index in [2.05, 4.69) is 5.32 Å². The number of fused-ring (bicyclic) bond motifs is 1. The molecule has 0 bridgehead atoms. The number of nitrogens with zero attached hydrogens (tertiary/aromatic N) is 1. The lowest BCUT2D eigenvalue weighted by atomic mass is 10.1. The number of ether oxygens (including phenoxy) is 3. The Kier molecular flexibility index (Phi) is 5.67. The number of nitrogens with one attached hydrogen (secondary N) is 1. The van der Waals surface area contributed by atoms with E-state index in [1.807, 2.05) is 19.9 Å². The van der Waals surface area contributed by atoms with Crippen LogP contribution in [-0.4, -0.2) is 30.1 Å². The normalized spacial score (nSPS) is 14.8. The Morgan fingerprint density at radius 2 is 1.93 bits per heavy atom. The van der Waals surface area contributed by atoms with Crippen molar-refractivity contribution in [2.24, 2.45) is 0 Å². The Bertz CT molecular complexity index is 912. The molecule has 8 nitrogen and oxygen atoms in total. The van der Waals surface area contributed by atoms with Gasteiger partial charge in [0, 0.05) is 29.7 Å². The highest BCUT2D eigenvalue weighted by Gasteiger charge is 2.24. The molecule has 0 unspecified atom stereocenters. The maximum Gasteiger partial charge on any atom is 0.311 e. The average molecular weight is 386 g/mol. The van der Waals surface area contributed by atoms with Crippen molar-refractivity contribution in [2.75, 3.05) is 18.5 Å². The summed E-state index contributed by atoms with van der Waals surface area (Å²) >= 11 is 0. The molecule has 1 aliphatic rings. The van der Waals surface area contributed by atoms with E-state index >= 15 is 0 Å². The first-order valence-electron chi connectivity index (χ1n) is 9.11. The van der Waals surface area contributed by atoms with Gasteiger partial charge in [-0.05, 0) is 39.0 Å². The van der Waals surface area contributed by atoms with Crippen molar-refractivity contribution in [3.8, 4) is 17.2 Å². The minimum atomic E-state index is -0.571. The van der Waals surface area contributed by atoms with Crippen molar-refractivity contribution < 1.29 is 23.9 Å². The first kappa shape index (κ1) is 19.5. The van der Waals surface area contributed by atoms with E-state index in [9.17, 15) is 14.9 Å². The second-order valence-corrected chi connectivity index (χ2v) is 6.35. The molecule has 0 fully saturated rings. The summed E-state index contributed by atoms with van der Waals surface area (Å²) in [6.45, 7) is 6.28. The van der Waals surface area contributed by atoms with Crippen LogP contribution in [0.4, 0.5) is 11.4 Å². The summed E-state index contributed by atoms with van der Waals surface area (Å²) in [5.74, 6) is 0.869. The highest BCUT2D eigenvalue weighted by molar-refractivity contribution is 6.05. The Balaban J connectivity index is 1.90. The second kappa shape index (κ2) is 8.16. The van der Waals surface area contributed by atoms with Gasteiger partial charge in [0.1, 0.15) is 17.6 Å². The number of amides is 1. The number of nitro groups is 1. The predicted octanol–water partition coefficient (Wildman–Crippen LogP) is 3.97. The van der Waals surface area contributed by atoms with Gasteiger partial charge in [0.15, 0.2) is 5.75 Å². The van der Waals surface area contributed by atoms with Crippen molar-refractivity contribution in [3.63, 3.8) is 0 Å². The third-order valence-corrected chi connectivity index (χ3v) is 4.26. The number of carbonyl (C=O) groups excluding carboxylic acids is 1. The zero-order valence-electron chi connectivity index (χ0n) is 16.0. The fourth-order valence-electron chi connectivity index (χ4n) is 3.09. The van der Waals surface area contributed by atoms with Gasteiger partial charge in [-0.25, -0.2) is 0 Å². The molecule has 148 valence electrons. The molecule has 1 aliphatic heterocycles. The van der Waals surface area contributed by atoms with Crippen molar-refractivity contribution in [1.82, 2.24) is 0 Å². The number of rotatable bonds is 7. The molecule has 1 amide bonds. The lowest BCUT2D eigenvalue weighted by molar-refractivity contribution is -0.385. The molecule has 0 saturated heterocycles. The van der Waals surface area contributed by atoms with E-state index in [0.717, 1.165) is 12.0 Å². The zero-order valence-corrected chi connectivity index (χ0v) is 16.0. The number of anilines is 1. The molecular weight excluding hydrogens is 364 g/mol. The van der Waals surface area contributed by atoms with Gasteiger partial charge in [-0.15, -0.1) is 0 Å². The van der Waals surface area contributed by atoms with Crippen molar-refractivity contribution in [3.05, 3.63) is 51.6 Å². The minimum Gasteiger partial charge on any atom is -0.492 e. The van der Waals surface area contributed by atoms with Crippen LogP contribution in [-0.2, 0) is 6.42 Å². The summed E-state index contributed by atoms with van der Waals surface area (Å²) in [5.41, 5.74) is 1.36. The summed E-state index contributed by atoms with van der Waals surface area (Å²) in [7, 11) is 0. The molecule has 0 radical (unpaired) electrons. The predicted molar refractivity (Wildman–Crippen MR) is 104 cm³/mol. The standard InChI is InChI=1S/C20H22N2O6/c1-4-26-17-7-6-13(9-16(17)22(24)25)20(23)21-15-11-18-14(8-12(3)28-18)10-19(15)27-5-2/h6-7,9-12H,4-5,8H2,1-3H3,(H,21,23)/t12-/m0/s1. The zero-order chi connectivity index (χ0) is 20.3. The van der Waals surface area contributed by atoms with E-state index < -0.39 is 10.8 Å². The number of hydrogen-bond donors (Lipinski definition) is 1. The molecule has 0 saturated carbocycles. The first-order valence-corrected chi connectivity index (χ1v) is 9.11. The van der Waals surface area contributed by atoms with Crippen molar-refractivity contribution >= 4 is 17.3 Å². The third kappa shape index (κ3) is 4.00. The fourth-order valence-corrected chi connectivity index (χ4v) is 3.09. The molecule has 1 atom stereocenters. The van der Waals surface area contributed by atoms with Crippen LogP contribution in [0.25, 0.3) is 0 Å². The van der Waals surface area contributed by atoms with Crippen molar-refractivity contribution in [1.29, 1.82) is 0 Å². The smallest absolute Gasteiger partial charge is 0.311 e. The van der Waals surface area contributed by atoms with Crippen LogP contribution in [0.1, 0.15) is 36.7 Å². The van der Waals surface area contributed by atoms with Crippen LogP contribution in [0.15, 0.2) is 30.3 Å². The summed E-state index contributed by atoms with van der Waals surface area (Å²) in [5, 5.41) is 14.1. The quantitative estimate of drug-likeness (QED) is 0.571. The number of carbonyl (C=O) groups is 1. The second-order valence-electron chi connectivity index (χ2n) is 6.35. The monoisotopic (exact) mass is 386 g/mol. The number of benzene rings is 2. The largest absolute Gasteiger partial charge is 0.492 e. The summed E-state index contributed by atoms with van der Waals surface area (Å²) < 4.78 is 16.7. The maximum absolute atomic E-state index is 12.7. The highest BCUT2D eigenvalue weighted by Crippen LogP contribution is 2.38. The maximum atomic E-state index is 12.7.